The van der Waals surface area contributed by atoms with Crippen molar-refractivity contribution in [3.8, 4) is 22.9 Å². The molecule has 0 bridgehead atoms. The van der Waals surface area contributed by atoms with E-state index < -0.39 is 0 Å². The van der Waals surface area contributed by atoms with Gasteiger partial charge in [0.2, 0.25) is 0 Å². The van der Waals surface area contributed by atoms with Gasteiger partial charge in [0.1, 0.15) is 0 Å². The molecule has 0 spiro atoms. The Bertz CT molecular complexity index is 658. The van der Waals surface area contributed by atoms with Crippen LogP contribution in [0.15, 0.2) is 24.4 Å². The van der Waals surface area contributed by atoms with Crippen molar-refractivity contribution >= 4 is 0 Å². The SMILES string of the molecule is COc1cccc(-c2ncc3c(n2)CCCC3N)c1OC. The van der Waals surface area contributed by atoms with Crippen molar-refractivity contribution in [1.29, 1.82) is 0 Å². The van der Waals surface area contributed by atoms with Gasteiger partial charge in [0.25, 0.3) is 0 Å². The fraction of sp³-hybridized carbons (Fsp3) is 0.375. The van der Waals surface area contributed by atoms with E-state index in [4.69, 9.17) is 20.2 Å². The number of benzene rings is 1. The number of hydrogen-bond donors (Lipinski definition) is 1. The molecule has 3 rings (SSSR count). The minimum atomic E-state index is 0.0509. The molecule has 0 aliphatic heterocycles. The number of ether oxygens (including phenoxy) is 2. The average molecular weight is 285 g/mol. The third-order valence-corrected chi connectivity index (χ3v) is 3.87. The number of nitrogens with zero attached hydrogens (tertiary/aromatic N) is 2. The van der Waals surface area contributed by atoms with Crippen LogP contribution in [-0.2, 0) is 6.42 Å². The van der Waals surface area contributed by atoms with Crippen LogP contribution >= 0.6 is 0 Å². The van der Waals surface area contributed by atoms with Crippen molar-refractivity contribution in [2.24, 2.45) is 5.73 Å². The molecule has 2 N–H and O–H groups in total. The number of hydrogen-bond acceptors (Lipinski definition) is 5. The first kappa shape index (κ1) is 13.8. The third-order valence-electron chi connectivity index (χ3n) is 3.87. The van der Waals surface area contributed by atoms with Gasteiger partial charge in [0.05, 0.1) is 19.8 Å². The Labute approximate surface area is 124 Å². The maximum absolute atomic E-state index is 6.11. The molecule has 1 aliphatic rings. The number of nitrogens with two attached hydrogens (primary N) is 1. The summed E-state index contributed by atoms with van der Waals surface area (Å²) in [6, 6.07) is 5.75. The molecule has 0 radical (unpaired) electrons. The molecule has 1 aromatic heterocycles. The van der Waals surface area contributed by atoms with Crippen molar-refractivity contribution in [2.45, 2.75) is 25.3 Å². The number of fused-ring (bicyclic) bond motifs is 1. The molecule has 0 saturated carbocycles. The second kappa shape index (κ2) is 5.69. The first-order valence-electron chi connectivity index (χ1n) is 7.07. The summed E-state index contributed by atoms with van der Waals surface area (Å²) in [7, 11) is 3.24. The van der Waals surface area contributed by atoms with Gasteiger partial charge in [-0.2, -0.15) is 0 Å². The second-order valence-electron chi connectivity index (χ2n) is 5.14. The Hall–Kier alpha value is -2.14. The number of para-hydroxylation sites is 1. The van der Waals surface area contributed by atoms with Crippen molar-refractivity contribution in [3.63, 3.8) is 0 Å². The smallest absolute Gasteiger partial charge is 0.171 e. The highest BCUT2D eigenvalue weighted by molar-refractivity contribution is 5.68. The van der Waals surface area contributed by atoms with Crippen LogP contribution in [0, 0.1) is 0 Å². The molecule has 1 aliphatic carbocycles. The topological polar surface area (TPSA) is 70.3 Å². The van der Waals surface area contributed by atoms with E-state index >= 15 is 0 Å². The van der Waals surface area contributed by atoms with Gasteiger partial charge in [0.15, 0.2) is 17.3 Å². The second-order valence-corrected chi connectivity index (χ2v) is 5.14. The van der Waals surface area contributed by atoms with Crippen molar-refractivity contribution in [2.75, 3.05) is 14.2 Å². The molecular formula is C16H19N3O2. The van der Waals surface area contributed by atoms with E-state index in [1.54, 1.807) is 14.2 Å². The highest BCUT2D eigenvalue weighted by Gasteiger charge is 2.21. The largest absolute Gasteiger partial charge is 0.493 e. The molecular weight excluding hydrogens is 266 g/mol. The molecule has 5 heteroatoms. The van der Waals surface area contributed by atoms with Crippen LogP contribution in [0.3, 0.4) is 0 Å². The van der Waals surface area contributed by atoms with E-state index in [0.29, 0.717) is 17.3 Å². The minimum absolute atomic E-state index is 0.0509. The molecule has 0 fully saturated rings. The highest BCUT2D eigenvalue weighted by Crippen LogP contribution is 2.37. The summed E-state index contributed by atoms with van der Waals surface area (Å²) >= 11 is 0. The third kappa shape index (κ3) is 2.45. The van der Waals surface area contributed by atoms with Crippen LogP contribution in [0.1, 0.15) is 30.1 Å². The predicted octanol–water partition coefficient (Wildman–Crippen LogP) is 2.50. The molecule has 1 atom stereocenters. The van der Waals surface area contributed by atoms with Gasteiger partial charge >= 0.3 is 0 Å². The lowest BCUT2D eigenvalue weighted by Crippen LogP contribution is -2.19. The Kier molecular flexibility index (Phi) is 3.75. The van der Waals surface area contributed by atoms with Gasteiger partial charge in [-0.25, -0.2) is 9.97 Å². The molecule has 2 aromatic rings. The molecule has 1 unspecified atom stereocenters. The van der Waals surface area contributed by atoms with E-state index in [0.717, 1.165) is 36.1 Å². The van der Waals surface area contributed by atoms with Crippen LogP contribution in [0.4, 0.5) is 0 Å². The van der Waals surface area contributed by atoms with Crippen molar-refractivity contribution in [3.05, 3.63) is 35.7 Å². The first-order chi connectivity index (χ1) is 10.2. The zero-order chi connectivity index (χ0) is 14.8. The van der Waals surface area contributed by atoms with Crippen LogP contribution in [0.25, 0.3) is 11.4 Å². The van der Waals surface area contributed by atoms with Gasteiger partial charge in [-0.1, -0.05) is 6.07 Å². The number of aromatic nitrogens is 2. The number of rotatable bonds is 3. The standard InChI is InChI=1S/C16H19N3O2/c1-20-14-8-3-5-10(15(14)21-2)16-18-9-11-12(17)6-4-7-13(11)19-16/h3,5,8-9,12H,4,6-7,17H2,1-2H3. The lowest BCUT2D eigenvalue weighted by molar-refractivity contribution is 0.356. The van der Waals surface area contributed by atoms with Crippen molar-refractivity contribution < 1.29 is 9.47 Å². The maximum Gasteiger partial charge on any atom is 0.171 e. The molecule has 0 amide bonds. The number of aryl methyl sites for hydroxylation is 1. The lowest BCUT2D eigenvalue weighted by atomic mass is 9.93. The molecule has 1 heterocycles. The number of methoxy groups -OCH3 is 2. The summed E-state index contributed by atoms with van der Waals surface area (Å²) in [5.74, 6) is 1.98. The summed E-state index contributed by atoms with van der Waals surface area (Å²) in [5, 5.41) is 0. The Morgan fingerprint density at radius 2 is 2.10 bits per heavy atom. The predicted molar refractivity (Wildman–Crippen MR) is 80.4 cm³/mol. The molecule has 5 nitrogen and oxygen atoms in total. The highest BCUT2D eigenvalue weighted by atomic mass is 16.5. The zero-order valence-electron chi connectivity index (χ0n) is 12.3. The Morgan fingerprint density at radius 3 is 2.86 bits per heavy atom. The first-order valence-corrected chi connectivity index (χ1v) is 7.07. The Morgan fingerprint density at radius 1 is 1.24 bits per heavy atom. The summed E-state index contributed by atoms with van der Waals surface area (Å²) in [6.07, 6.45) is 4.86. The quantitative estimate of drug-likeness (QED) is 0.938. The van der Waals surface area contributed by atoms with Gasteiger partial charge in [-0.15, -0.1) is 0 Å². The van der Waals surface area contributed by atoms with E-state index in [1.165, 1.54) is 0 Å². The molecule has 21 heavy (non-hydrogen) atoms. The average Bonchev–Trinajstić information content (AvgIpc) is 2.53. The summed E-state index contributed by atoms with van der Waals surface area (Å²) in [6.45, 7) is 0. The van der Waals surface area contributed by atoms with E-state index in [-0.39, 0.29) is 6.04 Å². The van der Waals surface area contributed by atoms with Crippen LogP contribution in [0.2, 0.25) is 0 Å². The van der Waals surface area contributed by atoms with Crippen LogP contribution in [0.5, 0.6) is 11.5 Å². The summed E-state index contributed by atoms with van der Waals surface area (Å²) in [5.41, 5.74) is 9.05. The maximum atomic E-state index is 6.11. The van der Waals surface area contributed by atoms with Gasteiger partial charge in [0, 0.05) is 23.5 Å². The summed E-state index contributed by atoms with van der Waals surface area (Å²) < 4.78 is 10.8. The fourth-order valence-electron chi connectivity index (χ4n) is 2.77. The normalized spacial score (nSPS) is 17.2. The van der Waals surface area contributed by atoms with Crippen LogP contribution < -0.4 is 15.2 Å². The molecule has 1 aromatic carbocycles. The monoisotopic (exact) mass is 285 g/mol. The van der Waals surface area contributed by atoms with Gasteiger partial charge in [-0.05, 0) is 31.4 Å². The van der Waals surface area contributed by atoms with E-state index in [1.807, 2.05) is 24.4 Å². The Balaban J connectivity index is 2.09. The van der Waals surface area contributed by atoms with E-state index in [2.05, 4.69) is 4.98 Å². The molecule has 110 valence electrons. The van der Waals surface area contributed by atoms with E-state index in [9.17, 15) is 0 Å². The lowest BCUT2D eigenvalue weighted by Gasteiger charge is -2.21. The zero-order valence-corrected chi connectivity index (χ0v) is 12.3. The van der Waals surface area contributed by atoms with Crippen molar-refractivity contribution in [1.82, 2.24) is 9.97 Å². The summed E-state index contributed by atoms with van der Waals surface area (Å²) in [4.78, 5) is 9.16. The fourth-order valence-corrected chi connectivity index (χ4v) is 2.77. The van der Waals surface area contributed by atoms with Gasteiger partial charge < -0.3 is 15.2 Å². The van der Waals surface area contributed by atoms with Gasteiger partial charge in [-0.3, -0.25) is 0 Å². The molecule has 0 saturated heterocycles. The minimum Gasteiger partial charge on any atom is -0.493 e. The van der Waals surface area contributed by atoms with Crippen LogP contribution in [-0.4, -0.2) is 24.2 Å².